The molecule has 3 saturated carbocycles. The molecule has 0 unspecified atom stereocenters. The molecule has 3 fully saturated rings. The van der Waals surface area contributed by atoms with Crippen LogP contribution >= 0.6 is 22.6 Å². The molecule has 0 aromatic heterocycles. The van der Waals surface area contributed by atoms with Gasteiger partial charge in [-0.05, 0) is 74.2 Å². The maximum atomic E-state index is 11.8. The van der Waals surface area contributed by atoms with Crippen LogP contribution in [0.3, 0.4) is 0 Å². The number of allylic oxidation sites excluding steroid dienone is 1. The Hall–Kier alpha value is 0.1000. The van der Waals surface area contributed by atoms with Gasteiger partial charge in [-0.25, -0.2) is 0 Å². The number of carbonyl (C=O) groups is 1. The third-order valence-electron chi connectivity index (χ3n) is 7.88. The van der Waals surface area contributed by atoms with Gasteiger partial charge in [-0.1, -0.05) is 35.1 Å². The standard InChI is InChI=1S/C19H27IO2/c1-18-8-6-13(21)10-12(18)2-3-14-15(18)7-9-19(11-20)16(14)4-5-17(19)22/h10,14-17,22H,2-9,11H2,1H3/t14-,15+,16+,17+,18+,19-/m1/s1. The van der Waals surface area contributed by atoms with Gasteiger partial charge in [-0.15, -0.1) is 0 Å². The van der Waals surface area contributed by atoms with Crippen molar-refractivity contribution >= 4 is 28.4 Å². The van der Waals surface area contributed by atoms with E-state index in [9.17, 15) is 9.90 Å². The summed E-state index contributed by atoms with van der Waals surface area (Å²) < 4.78 is 1.11. The number of rotatable bonds is 1. The molecule has 4 aliphatic carbocycles. The lowest BCUT2D eigenvalue weighted by atomic mass is 9.47. The van der Waals surface area contributed by atoms with Gasteiger partial charge in [0.2, 0.25) is 0 Å². The van der Waals surface area contributed by atoms with Crippen LogP contribution in [-0.4, -0.2) is 21.4 Å². The predicted molar refractivity (Wildman–Crippen MR) is 95.9 cm³/mol. The van der Waals surface area contributed by atoms with Crippen molar-refractivity contribution in [2.75, 3.05) is 4.43 Å². The van der Waals surface area contributed by atoms with Crippen LogP contribution in [0.5, 0.6) is 0 Å². The summed E-state index contributed by atoms with van der Waals surface area (Å²) in [7, 11) is 0. The number of fused-ring (bicyclic) bond motifs is 5. The van der Waals surface area contributed by atoms with Crippen LogP contribution in [0.25, 0.3) is 0 Å². The summed E-state index contributed by atoms with van der Waals surface area (Å²) in [5, 5.41) is 10.6. The van der Waals surface area contributed by atoms with E-state index in [1.165, 1.54) is 31.3 Å². The van der Waals surface area contributed by atoms with E-state index >= 15 is 0 Å². The average molecular weight is 414 g/mol. The molecule has 0 saturated heterocycles. The van der Waals surface area contributed by atoms with Gasteiger partial charge in [0, 0.05) is 16.3 Å². The van der Waals surface area contributed by atoms with Crippen LogP contribution in [-0.2, 0) is 4.79 Å². The molecule has 3 heteroatoms. The second kappa shape index (κ2) is 5.30. The topological polar surface area (TPSA) is 37.3 Å². The lowest BCUT2D eigenvalue weighted by molar-refractivity contribution is -0.117. The molecule has 4 aliphatic rings. The summed E-state index contributed by atoms with van der Waals surface area (Å²) in [6.07, 6.45) is 10.8. The zero-order valence-corrected chi connectivity index (χ0v) is 15.6. The van der Waals surface area contributed by atoms with Gasteiger partial charge < -0.3 is 5.11 Å². The van der Waals surface area contributed by atoms with Crippen LogP contribution < -0.4 is 0 Å². The zero-order valence-electron chi connectivity index (χ0n) is 13.5. The number of hydrogen-bond acceptors (Lipinski definition) is 2. The predicted octanol–water partition coefficient (Wildman–Crippen LogP) is 4.29. The molecule has 0 aliphatic heterocycles. The number of ketones is 1. The molecule has 6 atom stereocenters. The Bertz CT molecular complexity index is 528. The van der Waals surface area contributed by atoms with Crippen molar-refractivity contribution < 1.29 is 9.90 Å². The molecule has 0 radical (unpaired) electrons. The second-order valence-electron chi connectivity index (χ2n) is 8.47. The Balaban J connectivity index is 1.69. The summed E-state index contributed by atoms with van der Waals surface area (Å²) in [5.41, 5.74) is 1.91. The number of halogens is 1. The highest BCUT2D eigenvalue weighted by Gasteiger charge is 2.60. The molecule has 0 aromatic rings. The molecule has 0 spiro atoms. The Labute approximate surface area is 147 Å². The van der Waals surface area contributed by atoms with Crippen molar-refractivity contribution in [3.63, 3.8) is 0 Å². The summed E-state index contributed by atoms with van der Waals surface area (Å²) in [6, 6.07) is 0. The molecule has 2 nitrogen and oxygen atoms in total. The SMILES string of the molecule is C[C@]12CCC(=O)C=C1CC[C@H]1[C@@H]3CC[C@H](O)[C@@]3(CI)CC[C@@H]12. The average Bonchev–Trinajstić information content (AvgIpc) is 2.86. The first-order valence-corrected chi connectivity index (χ1v) is 10.5. The molecular weight excluding hydrogens is 387 g/mol. The minimum atomic E-state index is -0.0759. The molecule has 0 aromatic carbocycles. The normalized spacial score (nSPS) is 50.9. The first-order chi connectivity index (χ1) is 10.5. The third-order valence-corrected chi connectivity index (χ3v) is 9.30. The molecule has 1 N–H and O–H groups in total. The maximum Gasteiger partial charge on any atom is 0.155 e. The van der Waals surface area contributed by atoms with E-state index in [0.717, 1.165) is 41.9 Å². The summed E-state index contributed by atoms with van der Waals surface area (Å²) >= 11 is 2.52. The monoisotopic (exact) mass is 414 g/mol. The van der Waals surface area contributed by atoms with Crippen molar-refractivity contribution in [2.45, 2.75) is 64.4 Å². The van der Waals surface area contributed by atoms with Crippen molar-refractivity contribution in [1.29, 1.82) is 0 Å². The van der Waals surface area contributed by atoms with E-state index in [-0.39, 0.29) is 16.9 Å². The lowest BCUT2D eigenvalue weighted by Gasteiger charge is -2.58. The van der Waals surface area contributed by atoms with Gasteiger partial charge in [0.25, 0.3) is 0 Å². The first kappa shape index (κ1) is 15.6. The van der Waals surface area contributed by atoms with E-state index in [1.54, 1.807) is 0 Å². The second-order valence-corrected chi connectivity index (χ2v) is 9.23. The van der Waals surface area contributed by atoms with E-state index < -0.39 is 0 Å². The minimum Gasteiger partial charge on any atom is -0.393 e. The summed E-state index contributed by atoms with van der Waals surface area (Å²) in [5.74, 6) is 2.58. The van der Waals surface area contributed by atoms with Gasteiger partial charge in [-0.3, -0.25) is 4.79 Å². The Morgan fingerprint density at radius 1 is 1.18 bits per heavy atom. The fourth-order valence-corrected chi connectivity index (χ4v) is 8.05. The number of hydrogen-bond donors (Lipinski definition) is 1. The van der Waals surface area contributed by atoms with Crippen molar-refractivity contribution in [3.8, 4) is 0 Å². The molecular formula is C19H27IO2. The molecule has 122 valence electrons. The fourth-order valence-electron chi connectivity index (χ4n) is 6.60. The van der Waals surface area contributed by atoms with Crippen molar-refractivity contribution in [1.82, 2.24) is 0 Å². The van der Waals surface area contributed by atoms with Gasteiger partial charge in [0.15, 0.2) is 5.78 Å². The van der Waals surface area contributed by atoms with E-state index in [2.05, 4.69) is 29.5 Å². The van der Waals surface area contributed by atoms with Crippen LogP contribution in [0.15, 0.2) is 11.6 Å². The zero-order chi connectivity index (χ0) is 15.5. The van der Waals surface area contributed by atoms with Crippen molar-refractivity contribution in [3.05, 3.63) is 11.6 Å². The first-order valence-electron chi connectivity index (χ1n) is 8.99. The van der Waals surface area contributed by atoms with Gasteiger partial charge >= 0.3 is 0 Å². The number of alkyl halides is 1. The number of aliphatic hydroxyl groups is 1. The van der Waals surface area contributed by atoms with Crippen molar-refractivity contribution in [2.24, 2.45) is 28.6 Å². The summed E-state index contributed by atoms with van der Waals surface area (Å²) in [6.45, 7) is 2.44. The van der Waals surface area contributed by atoms with Gasteiger partial charge in [0.05, 0.1) is 6.10 Å². The Morgan fingerprint density at radius 3 is 2.77 bits per heavy atom. The highest BCUT2D eigenvalue weighted by atomic mass is 127. The largest absolute Gasteiger partial charge is 0.393 e. The van der Waals surface area contributed by atoms with Crippen LogP contribution in [0.2, 0.25) is 0 Å². The number of carbonyl (C=O) groups excluding carboxylic acids is 1. The molecule has 0 amide bonds. The molecule has 0 heterocycles. The van der Waals surface area contributed by atoms with Crippen LogP contribution in [0.4, 0.5) is 0 Å². The highest BCUT2D eigenvalue weighted by molar-refractivity contribution is 14.1. The Kier molecular flexibility index (Phi) is 3.76. The highest BCUT2D eigenvalue weighted by Crippen LogP contribution is 2.65. The molecule has 0 bridgehead atoms. The minimum absolute atomic E-state index is 0.0759. The third kappa shape index (κ3) is 1.96. The molecule has 22 heavy (non-hydrogen) atoms. The summed E-state index contributed by atoms with van der Waals surface area (Å²) in [4.78, 5) is 11.8. The maximum absolute atomic E-state index is 11.8. The van der Waals surface area contributed by atoms with Crippen LogP contribution in [0.1, 0.15) is 58.3 Å². The van der Waals surface area contributed by atoms with Crippen LogP contribution in [0, 0.1) is 28.6 Å². The quantitative estimate of drug-likeness (QED) is 0.514. The molecule has 4 rings (SSSR count). The van der Waals surface area contributed by atoms with Gasteiger partial charge in [-0.2, -0.15) is 0 Å². The van der Waals surface area contributed by atoms with E-state index in [4.69, 9.17) is 0 Å². The van der Waals surface area contributed by atoms with E-state index in [0.29, 0.717) is 11.7 Å². The Morgan fingerprint density at radius 2 is 2.00 bits per heavy atom. The smallest absolute Gasteiger partial charge is 0.155 e. The number of aliphatic hydroxyl groups excluding tert-OH is 1. The fraction of sp³-hybridized carbons (Fsp3) is 0.842. The van der Waals surface area contributed by atoms with E-state index in [1.807, 2.05) is 6.08 Å². The van der Waals surface area contributed by atoms with Gasteiger partial charge in [0.1, 0.15) is 0 Å². The lowest BCUT2D eigenvalue weighted by Crippen LogP contribution is -2.52.